The van der Waals surface area contributed by atoms with Gasteiger partial charge in [-0.25, -0.2) is 0 Å². The van der Waals surface area contributed by atoms with Gasteiger partial charge in [-0.2, -0.15) is 0 Å². The first kappa shape index (κ1) is 11.3. The van der Waals surface area contributed by atoms with Gasteiger partial charge < -0.3 is 10.1 Å². The standard InChI is InChI=1S/C15H18N2O2/c18-15-13-7-11(9-17(13)8-10-5-6-10)19-14-4-2-1-3-12(14)16-15/h1-4,10-11,13H,5-9H2,(H,16,18). The first-order valence-corrected chi connectivity index (χ1v) is 7.10. The van der Waals surface area contributed by atoms with Crippen molar-refractivity contribution in [2.45, 2.75) is 31.4 Å². The van der Waals surface area contributed by atoms with Crippen molar-refractivity contribution >= 4 is 11.6 Å². The van der Waals surface area contributed by atoms with Crippen LogP contribution in [-0.4, -0.2) is 36.0 Å². The SMILES string of the molecule is O=C1Nc2ccccc2OC2CC1N(CC1CC1)C2. The second-order valence-electron chi connectivity index (χ2n) is 5.87. The first-order valence-electron chi connectivity index (χ1n) is 7.10. The number of carbonyl (C=O) groups excluding carboxylic acids is 1. The van der Waals surface area contributed by atoms with E-state index in [2.05, 4.69) is 10.2 Å². The van der Waals surface area contributed by atoms with Crippen molar-refractivity contribution in [2.75, 3.05) is 18.4 Å². The van der Waals surface area contributed by atoms with Crippen LogP contribution in [0.2, 0.25) is 0 Å². The summed E-state index contributed by atoms with van der Waals surface area (Å²) in [6, 6.07) is 7.69. The molecule has 100 valence electrons. The van der Waals surface area contributed by atoms with Crippen LogP contribution in [0.25, 0.3) is 0 Å². The number of carbonyl (C=O) groups is 1. The fourth-order valence-corrected chi connectivity index (χ4v) is 3.12. The van der Waals surface area contributed by atoms with Crippen molar-refractivity contribution in [3.8, 4) is 5.75 Å². The number of amides is 1. The van der Waals surface area contributed by atoms with Gasteiger partial charge in [0, 0.05) is 19.5 Å². The molecule has 0 radical (unpaired) electrons. The van der Waals surface area contributed by atoms with Gasteiger partial charge in [-0.05, 0) is 30.9 Å². The molecule has 1 N–H and O–H groups in total. The number of fused-ring (bicyclic) bond motifs is 3. The van der Waals surface area contributed by atoms with Crippen LogP contribution >= 0.6 is 0 Å². The maximum Gasteiger partial charge on any atom is 0.241 e. The molecule has 3 aliphatic rings. The number of nitrogens with zero attached hydrogens (tertiary/aromatic N) is 1. The minimum absolute atomic E-state index is 0.0149. The van der Waals surface area contributed by atoms with Crippen molar-refractivity contribution in [3.63, 3.8) is 0 Å². The van der Waals surface area contributed by atoms with Crippen molar-refractivity contribution in [1.29, 1.82) is 0 Å². The Balaban J connectivity index is 1.61. The summed E-state index contributed by atoms with van der Waals surface area (Å²) in [5, 5.41) is 3.01. The fraction of sp³-hybridized carbons (Fsp3) is 0.533. The number of likely N-dealkylation sites (tertiary alicyclic amines) is 1. The predicted octanol–water partition coefficient (Wildman–Crippen LogP) is 1.87. The maximum absolute atomic E-state index is 12.4. The lowest BCUT2D eigenvalue weighted by Crippen LogP contribution is -2.40. The van der Waals surface area contributed by atoms with Gasteiger partial charge in [-0.3, -0.25) is 9.69 Å². The zero-order valence-electron chi connectivity index (χ0n) is 10.8. The van der Waals surface area contributed by atoms with E-state index < -0.39 is 0 Å². The van der Waals surface area contributed by atoms with Crippen LogP contribution in [0.3, 0.4) is 0 Å². The van der Waals surface area contributed by atoms with Gasteiger partial charge in [-0.1, -0.05) is 12.1 Å². The van der Waals surface area contributed by atoms with Gasteiger partial charge in [0.25, 0.3) is 0 Å². The van der Waals surface area contributed by atoms with Gasteiger partial charge in [0.15, 0.2) is 0 Å². The van der Waals surface area contributed by atoms with Gasteiger partial charge >= 0.3 is 0 Å². The second-order valence-corrected chi connectivity index (χ2v) is 5.87. The smallest absolute Gasteiger partial charge is 0.241 e. The Bertz CT molecular complexity index is 513. The number of hydrogen-bond acceptors (Lipinski definition) is 3. The van der Waals surface area contributed by atoms with Crippen LogP contribution in [-0.2, 0) is 4.79 Å². The number of rotatable bonds is 2. The third kappa shape index (κ3) is 2.10. The lowest BCUT2D eigenvalue weighted by Gasteiger charge is -2.23. The van der Waals surface area contributed by atoms with E-state index in [1.807, 2.05) is 24.3 Å². The fourth-order valence-electron chi connectivity index (χ4n) is 3.12. The minimum Gasteiger partial charge on any atom is -0.487 e. The molecule has 2 atom stereocenters. The summed E-state index contributed by atoms with van der Waals surface area (Å²) >= 11 is 0. The molecular formula is C15H18N2O2. The average Bonchev–Trinajstić information content (AvgIpc) is 3.09. The third-order valence-corrected chi connectivity index (χ3v) is 4.30. The summed E-state index contributed by atoms with van der Waals surface area (Å²) < 4.78 is 6.05. The van der Waals surface area contributed by atoms with Gasteiger partial charge in [0.05, 0.1) is 11.7 Å². The molecule has 4 heteroatoms. The van der Waals surface area contributed by atoms with E-state index in [0.29, 0.717) is 0 Å². The molecule has 1 aliphatic carbocycles. The molecule has 4 nitrogen and oxygen atoms in total. The molecule has 1 aromatic rings. The van der Waals surface area contributed by atoms with Crippen LogP contribution < -0.4 is 10.1 Å². The maximum atomic E-state index is 12.4. The van der Waals surface area contributed by atoms with E-state index in [1.54, 1.807) is 0 Å². The first-order chi connectivity index (χ1) is 9.29. The topological polar surface area (TPSA) is 41.6 Å². The molecule has 1 amide bonds. The van der Waals surface area contributed by atoms with E-state index in [9.17, 15) is 4.79 Å². The van der Waals surface area contributed by atoms with Crippen molar-refractivity contribution < 1.29 is 9.53 Å². The van der Waals surface area contributed by atoms with Crippen LogP contribution in [0, 0.1) is 5.92 Å². The van der Waals surface area contributed by atoms with Gasteiger partial charge in [0.1, 0.15) is 11.9 Å². The number of para-hydroxylation sites is 2. The molecule has 4 rings (SSSR count). The Morgan fingerprint density at radius 2 is 2.16 bits per heavy atom. The number of nitrogens with one attached hydrogen (secondary N) is 1. The second kappa shape index (κ2) is 4.23. The highest BCUT2D eigenvalue weighted by Crippen LogP contribution is 2.36. The summed E-state index contributed by atoms with van der Waals surface area (Å²) in [7, 11) is 0. The highest BCUT2D eigenvalue weighted by atomic mass is 16.5. The average molecular weight is 258 g/mol. The Morgan fingerprint density at radius 1 is 1.32 bits per heavy atom. The molecule has 1 aromatic carbocycles. The number of ether oxygens (including phenoxy) is 1. The molecule has 19 heavy (non-hydrogen) atoms. The predicted molar refractivity (Wildman–Crippen MR) is 72.2 cm³/mol. The highest BCUT2D eigenvalue weighted by molar-refractivity contribution is 5.96. The van der Waals surface area contributed by atoms with E-state index in [4.69, 9.17) is 4.74 Å². The Morgan fingerprint density at radius 3 is 3.00 bits per heavy atom. The number of anilines is 1. The summed E-state index contributed by atoms with van der Waals surface area (Å²) in [5.41, 5.74) is 0.801. The van der Waals surface area contributed by atoms with Crippen LogP contribution in [0.5, 0.6) is 5.75 Å². The molecule has 2 heterocycles. The minimum atomic E-state index is -0.0149. The van der Waals surface area contributed by atoms with Crippen molar-refractivity contribution in [2.24, 2.45) is 5.92 Å². The quantitative estimate of drug-likeness (QED) is 0.880. The molecule has 0 spiro atoms. The Hall–Kier alpha value is -1.55. The van der Waals surface area contributed by atoms with Crippen LogP contribution in [0.15, 0.2) is 24.3 Å². The Labute approximate surface area is 112 Å². The zero-order chi connectivity index (χ0) is 12.8. The molecule has 1 saturated heterocycles. The normalized spacial score (nSPS) is 30.0. The third-order valence-electron chi connectivity index (χ3n) is 4.30. The van der Waals surface area contributed by atoms with E-state index in [0.717, 1.165) is 36.9 Å². The zero-order valence-corrected chi connectivity index (χ0v) is 10.8. The Kier molecular flexibility index (Phi) is 2.52. The molecule has 2 aliphatic heterocycles. The molecule has 2 unspecified atom stereocenters. The van der Waals surface area contributed by atoms with Crippen molar-refractivity contribution in [3.05, 3.63) is 24.3 Å². The molecule has 2 bridgehead atoms. The molecule has 0 aromatic heterocycles. The molecular weight excluding hydrogens is 240 g/mol. The molecule has 1 saturated carbocycles. The van der Waals surface area contributed by atoms with Crippen LogP contribution in [0.4, 0.5) is 5.69 Å². The molecule has 2 fully saturated rings. The summed E-state index contributed by atoms with van der Waals surface area (Å²) in [4.78, 5) is 14.7. The van der Waals surface area contributed by atoms with E-state index >= 15 is 0 Å². The largest absolute Gasteiger partial charge is 0.487 e. The lowest BCUT2D eigenvalue weighted by molar-refractivity contribution is -0.120. The highest BCUT2D eigenvalue weighted by Gasteiger charge is 2.41. The lowest BCUT2D eigenvalue weighted by atomic mass is 10.1. The number of hydrogen-bond donors (Lipinski definition) is 1. The summed E-state index contributed by atoms with van der Waals surface area (Å²) in [6.45, 7) is 1.93. The van der Waals surface area contributed by atoms with Crippen LogP contribution in [0.1, 0.15) is 19.3 Å². The summed E-state index contributed by atoms with van der Waals surface area (Å²) in [5.74, 6) is 1.73. The van der Waals surface area contributed by atoms with E-state index in [1.165, 1.54) is 12.8 Å². The monoisotopic (exact) mass is 258 g/mol. The summed E-state index contributed by atoms with van der Waals surface area (Å²) in [6.07, 6.45) is 3.59. The van der Waals surface area contributed by atoms with Gasteiger partial charge in [-0.15, -0.1) is 0 Å². The van der Waals surface area contributed by atoms with E-state index in [-0.39, 0.29) is 18.1 Å². The number of benzene rings is 1. The van der Waals surface area contributed by atoms with Gasteiger partial charge in [0.2, 0.25) is 5.91 Å². The van der Waals surface area contributed by atoms with Crippen molar-refractivity contribution in [1.82, 2.24) is 4.90 Å².